The zero-order valence-electron chi connectivity index (χ0n) is 12.8. The number of aliphatic hydroxyl groups is 1. The van der Waals surface area contributed by atoms with Gasteiger partial charge in [0, 0.05) is 38.4 Å². The van der Waals surface area contributed by atoms with Gasteiger partial charge in [-0.25, -0.2) is 0 Å². The van der Waals surface area contributed by atoms with E-state index >= 15 is 0 Å². The van der Waals surface area contributed by atoms with Crippen LogP contribution in [0, 0.1) is 0 Å². The quantitative estimate of drug-likeness (QED) is 0.488. The van der Waals surface area contributed by atoms with Crippen LogP contribution in [0.1, 0.15) is 33.6 Å². The Bertz CT molecular complexity index is 184. The second-order valence-corrected chi connectivity index (χ2v) is 4.63. The van der Waals surface area contributed by atoms with Crippen molar-refractivity contribution in [2.75, 3.05) is 46.1 Å². The monoisotopic (exact) mass is 276 g/mol. The van der Waals surface area contributed by atoms with Gasteiger partial charge in [0.2, 0.25) is 0 Å². The molecule has 19 heavy (non-hydrogen) atoms. The summed E-state index contributed by atoms with van der Waals surface area (Å²) in [4.78, 5) is 2.19. The van der Waals surface area contributed by atoms with Crippen molar-refractivity contribution < 1.29 is 14.6 Å². The summed E-state index contributed by atoms with van der Waals surface area (Å²) in [5.74, 6) is 0. The van der Waals surface area contributed by atoms with Crippen molar-refractivity contribution in [1.82, 2.24) is 4.90 Å². The average molecular weight is 276 g/mol. The third-order valence-corrected chi connectivity index (χ3v) is 3.23. The molecule has 0 aliphatic carbocycles. The summed E-state index contributed by atoms with van der Waals surface area (Å²) < 4.78 is 10.8. The first kappa shape index (κ1) is 18.8. The molecule has 5 heteroatoms. The number of nitrogens with zero attached hydrogens (tertiary/aromatic N) is 1. The third-order valence-electron chi connectivity index (χ3n) is 3.23. The Hall–Kier alpha value is -0.200. The fourth-order valence-corrected chi connectivity index (χ4v) is 2.14. The Labute approximate surface area is 118 Å². The van der Waals surface area contributed by atoms with E-state index in [1.165, 1.54) is 0 Å². The highest BCUT2D eigenvalue weighted by Crippen LogP contribution is 2.08. The maximum absolute atomic E-state index is 9.60. The Morgan fingerprint density at radius 2 is 1.58 bits per heavy atom. The van der Waals surface area contributed by atoms with Gasteiger partial charge in [-0.15, -0.1) is 0 Å². The van der Waals surface area contributed by atoms with E-state index in [1.807, 2.05) is 13.8 Å². The lowest BCUT2D eigenvalue weighted by Crippen LogP contribution is -2.52. The number of aliphatic hydroxyl groups excluding tert-OH is 1. The summed E-state index contributed by atoms with van der Waals surface area (Å²) in [6.45, 7) is 10.5. The highest BCUT2D eigenvalue weighted by Gasteiger charge is 2.23. The molecule has 0 rings (SSSR count). The van der Waals surface area contributed by atoms with Crippen molar-refractivity contribution in [2.45, 2.75) is 45.7 Å². The van der Waals surface area contributed by atoms with E-state index in [4.69, 9.17) is 15.2 Å². The largest absolute Gasteiger partial charge is 0.395 e. The number of hydrogen-bond donors (Lipinski definition) is 2. The fraction of sp³-hybridized carbons (Fsp3) is 1.00. The van der Waals surface area contributed by atoms with Crippen LogP contribution in [0.4, 0.5) is 0 Å². The second kappa shape index (κ2) is 12.8. The van der Waals surface area contributed by atoms with E-state index in [0.29, 0.717) is 26.4 Å². The molecular formula is C14H32N2O3. The molecule has 0 aliphatic heterocycles. The zero-order valence-corrected chi connectivity index (χ0v) is 12.8. The Balaban J connectivity index is 4.36. The first-order chi connectivity index (χ1) is 9.21. The number of nitrogens with two attached hydrogens (primary N) is 1. The highest BCUT2D eigenvalue weighted by atomic mass is 16.5. The molecule has 0 aromatic rings. The summed E-state index contributed by atoms with van der Waals surface area (Å²) in [5.41, 5.74) is 6.17. The minimum Gasteiger partial charge on any atom is -0.395 e. The van der Waals surface area contributed by atoms with Gasteiger partial charge < -0.3 is 20.3 Å². The minimum absolute atomic E-state index is 0.00162. The molecule has 0 fully saturated rings. The van der Waals surface area contributed by atoms with Crippen molar-refractivity contribution in [1.29, 1.82) is 0 Å². The molecule has 0 saturated heterocycles. The standard InChI is InChI=1S/C14H32N2O3/c1-4-7-13(15)14(12-17)16(8-10-18-5-2)9-11-19-6-3/h13-14,17H,4-12,15H2,1-3H3. The van der Waals surface area contributed by atoms with E-state index in [2.05, 4.69) is 11.8 Å². The van der Waals surface area contributed by atoms with Gasteiger partial charge in [0.25, 0.3) is 0 Å². The Kier molecular flexibility index (Phi) is 12.7. The molecule has 2 atom stereocenters. The maximum atomic E-state index is 9.60. The molecule has 0 heterocycles. The molecule has 2 unspecified atom stereocenters. The van der Waals surface area contributed by atoms with Gasteiger partial charge in [0.1, 0.15) is 0 Å². The van der Waals surface area contributed by atoms with Crippen LogP contribution in [0.3, 0.4) is 0 Å². The molecule has 0 bridgehead atoms. The molecule has 0 saturated carbocycles. The molecule has 0 aliphatic rings. The third kappa shape index (κ3) is 8.55. The van der Waals surface area contributed by atoms with Gasteiger partial charge in [-0.2, -0.15) is 0 Å². The second-order valence-electron chi connectivity index (χ2n) is 4.63. The number of hydrogen-bond acceptors (Lipinski definition) is 5. The highest BCUT2D eigenvalue weighted by molar-refractivity contribution is 4.81. The lowest BCUT2D eigenvalue weighted by molar-refractivity contribution is 0.0361. The Morgan fingerprint density at radius 1 is 1.05 bits per heavy atom. The van der Waals surface area contributed by atoms with Crippen LogP contribution >= 0.6 is 0 Å². The van der Waals surface area contributed by atoms with Crippen LogP contribution in [0.2, 0.25) is 0 Å². The SMILES string of the molecule is CCCC(N)C(CO)N(CCOCC)CCOCC. The molecular weight excluding hydrogens is 244 g/mol. The van der Waals surface area contributed by atoms with Crippen LogP contribution in [-0.4, -0.2) is 68.2 Å². The fourth-order valence-electron chi connectivity index (χ4n) is 2.14. The Morgan fingerprint density at radius 3 is 1.95 bits per heavy atom. The van der Waals surface area contributed by atoms with E-state index in [9.17, 15) is 5.11 Å². The molecule has 0 radical (unpaired) electrons. The van der Waals surface area contributed by atoms with Crippen LogP contribution in [-0.2, 0) is 9.47 Å². The van der Waals surface area contributed by atoms with Gasteiger partial charge in [-0.05, 0) is 20.3 Å². The predicted molar refractivity (Wildman–Crippen MR) is 78.3 cm³/mol. The first-order valence-electron chi connectivity index (χ1n) is 7.47. The van der Waals surface area contributed by atoms with Crippen molar-refractivity contribution in [3.8, 4) is 0 Å². The number of rotatable bonds is 13. The number of ether oxygens (including phenoxy) is 2. The van der Waals surface area contributed by atoms with Gasteiger partial charge in [-0.3, -0.25) is 4.90 Å². The maximum Gasteiger partial charge on any atom is 0.0601 e. The van der Waals surface area contributed by atoms with Crippen molar-refractivity contribution in [3.63, 3.8) is 0 Å². The summed E-state index contributed by atoms with van der Waals surface area (Å²) in [6, 6.07) is -0.0147. The minimum atomic E-state index is -0.0131. The van der Waals surface area contributed by atoms with Crippen LogP contribution < -0.4 is 5.73 Å². The summed E-state index contributed by atoms with van der Waals surface area (Å²) in [7, 11) is 0. The molecule has 116 valence electrons. The van der Waals surface area contributed by atoms with Crippen molar-refractivity contribution in [3.05, 3.63) is 0 Å². The van der Waals surface area contributed by atoms with E-state index < -0.39 is 0 Å². The molecule has 0 spiro atoms. The molecule has 0 aromatic carbocycles. The van der Waals surface area contributed by atoms with E-state index in [0.717, 1.165) is 25.9 Å². The zero-order chi connectivity index (χ0) is 14.5. The lowest BCUT2D eigenvalue weighted by Gasteiger charge is -2.34. The van der Waals surface area contributed by atoms with Crippen LogP contribution in [0.15, 0.2) is 0 Å². The van der Waals surface area contributed by atoms with Crippen LogP contribution in [0.5, 0.6) is 0 Å². The van der Waals surface area contributed by atoms with Gasteiger partial charge in [0.15, 0.2) is 0 Å². The summed E-state index contributed by atoms with van der Waals surface area (Å²) in [5, 5.41) is 9.60. The van der Waals surface area contributed by atoms with E-state index in [-0.39, 0.29) is 18.7 Å². The van der Waals surface area contributed by atoms with Crippen molar-refractivity contribution >= 4 is 0 Å². The van der Waals surface area contributed by atoms with Crippen LogP contribution in [0.25, 0.3) is 0 Å². The molecule has 0 amide bonds. The normalized spacial score (nSPS) is 14.8. The van der Waals surface area contributed by atoms with Crippen molar-refractivity contribution in [2.24, 2.45) is 5.73 Å². The smallest absolute Gasteiger partial charge is 0.0601 e. The van der Waals surface area contributed by atoms with Gasteiger partial charge in [0.05, 0.1) is 19.8 Å². The summed E-state index contributed by atoms with van der Waals surface area (Å²) in [6.07, 6.45) is 1.95. The predicted octanol–water partition coefficient (Wildman–Crippen LogP) is 0.850. The lowest BCUT2D eigenvalue weighted by atomic mass is 10.0. The molecule has 0 aromatic heterocycles. The van der Waals surface area contributed by atoms with Gasteiger partial charge >= 0.3 is 0 Å². The van der Waals surface area contributed by atoms with E-state index in [1.54, 1.807) is 0 Å². The average Bonchev–Trinajstić information content (AvgIpc) is 2.40. The first-order valence-corrected chi connectivity index (χ1v) is 7.47. The molecule has 5 nitrogen and oxygen atoms in total. The topological polar surface area (TPSA) is 68.0 Å². The summed E-state index contributed by atoms with van der Waals surface area (Å²) >= 11 is 0. The van der Waals surface area contributed by atoms with Gasteiger partial charge in [-0.1, -0.05) is 13.3 Å². The molecule has 3 N–H and O–H groups in total.